The van der Waals surface area contributed by atoms with E-state index in [9.17, 15) is 9.59 Å². The van der Waals surface area contributed by atoms with Gasteiger partial charge in [-0.25, -0.2) is 14.8 Å². The van der Waals surface area contributed by atoms with Crippen LogP contribution in [0.25, 0.3) is 4.96 Å². The Bertz CT molecular complexity index is 899. The molecular weight excluding hydrogens is 304 g/mol. The lowest BCUT2D eigenvalue weighted by Gasteiger charge is -2.04. The van der Waals surface area contributed by atoms with Crippen molar-refractivity contribution in [1.29, 1.82) is 0 Å². The number of carbonyl (C=O) groups excluding carboxylic acids is 1. The van der Waals surface area contributed by atoms with Crippen molar-refractivity contribution in [1.82, 2.24) is 19.4 Å². The molecule has 0 spiro atoms. The van der Waals surface area contributed by atoms with Gasteiger partial charge in [0.15, 0.2) is 10.7 Å². The van der Waals surface area contributed by atoms with Crippen LogP contribution in [0.2, 0.25) is 0 Å². The van der Waals surface area contributed by atoms with Crippen LogP contribution in [-0.4, -0.2) is 25.3 Å². The van der Waals surface area contributed by atoms with Crippen LogP contribution >= 0.6 is 11.3 Å². The molecular formula is C14H12N4O3S. The highest BCUT2D eigenvalue weighted by Crippen LogP contribution is 2.12. The number of aryl methyl sites for hydroxylation is 2. The summed E-state index contributed by atoms with van der Waals surface area (Å²) in [6.45, 7) is 3.52. The predicted octanol–water partition coefficient (Wildman–Crippen LogP) is 1.52. The zero-order valence-electron chi connectivity index (χ0n) is 11.9. The van der Waals surface area contributed by atoms with E-state index in [0.717, 1.165) is 5.69 Å². The third-order valence-corrected chi connectivity index (χ3v) is 3.91. The van der Waals surface area contributed by atoms with Crippen molar-refractivity contribution < 1.29 is 9.53 Å². The van der Waals surface area contributed by atoms with Crippen molar-refractivity contribution in [2.75, 3.05) is 0 Å². The molecule has 0 bridgehead atoms. The van der Waals surface area contributed by atoms with E-state index >= 15 is 0 Å². The lowest BCUT2D eigenvalue weighted by molar-refractivity contribution is 0.0460. The van der Waals surface area contributed by atoms with Gasteiger partial charge in [0.25, 0.3) is 5.56 Å². The summed E-state index contributed by atoms with van der Waals surface area (Å²) >= 11 is 1.36. The standard InChI is InChI=1S/C14H12N4O3S/c1-8-4-16-11(5-15-8)13(20)21-6-10-3-12(19)18-9(2)7-22-14(18)17-10/h3-5,7H,6H2,1-2H3. The van der Waals surface area contributed by atoms with Crippen LogP contribution in [0.3, 0.4) is 0 Å². The zero-order valence-corrected chi connectivity index (χ0v) is 12.8. The maximum absolute atomic E-state index is 12.0. The number of thiazole rings is 1. The maximum Gasteiger partial charge on any atom is 0.358 e. The number of hydrogen-bond donors (Lipinski definition) is 0. The summed E-state index contributed by atoms with van der Waals surface area (Å²) in [6.07, 6.45) is 2.84. The molecule has 112 valence electrons. The summed E-state index contributed by atoms with van der Waals surface area (Å²) in [7, 11) is 0. The van der Waals surface area contributed by atoms with E-state index in [-0.39, 0.29) is 17.9 Å². The minimum absolute atomic E-state index is 0.0862. The van der Waals surface area contributed by atoms with E-state index in [4.69, 9.17) is 4.74 Å². The van der Waals surface area contributed by atoms with E-state index in [1.807, 2.05) is 12.3 Å². The third-order valence-electron chi connectivity index (χ3n) is 2.97. The summed E-state index contributed by atoms with van der Waals surface area (Å²) in [5.41, 5.74) is 1.88. The van der Waals surface area contributed by atoms with Crippen LogP contribution in [0.5, 0.6) is 0 Å². The van der Waals surface area contributed by atoms with E-state index < -0.39 is 5.97 Å². The number of carbonyl (C=O) groups is 1. The van der Waals surface area contributed by atoms with Crippen molar-refractivity contribution in [3.8, 4) is 0 Å². The molecule has 3 heterocycles. The average molecular weight is 316 g/mol. The molecule has 7 nitrogen and oxygen atoms in total. The molecule has 0 atom stereocenters. The second kappa shape index (κ2) is 5.64. The lowest BCUT2D eigenvalue weighted by Crippen LogP contribution is -2.16. The summed E-state index contributed by atoms with van der Waals surface area (Å²) in [4.78, 5) is 36.7. The van der Waals surface area contributed by atoms with Crippen molar-refractivity contribution >= 4 is 22.3 Å². The largest absolute Gasteiger partial charge is 0.454 e. The van der Waals surface area contributed by atoms with E-state index in [1.165, 1.54) is 34.2 Å². The second-order valence-corrected chi connectivity index (χ2v) is 5.54. The quantitative estimate of drug-likeness (QED) is 0.681. The Morgan fingerprint density at radius 2 is 2.14 bits per heavy atom. The van der Waals surface area contributed by atoms with E-state index in [0.29, 0.717) is 16.3 Å². The van der Waals surface area contributed by atoms with Gasteiger partial charge >= 0.3 is 5.97 Å². The minimum atomic E-state index is -0.600. The summed E-state index contributed by atoms with van der Waals surface area (Å²) in [5.74, 6) is -0.600. The number of fused-ring (bicyclic) bond motifs is 1. The summed E-state index contributed by atoms with van der Waals surface area (Å²) in [5, 5.41) is 1.85. The molecule has 22 heavy (non-hydrogen) atoms. The van der Waals surface area contributed by atoms with E-state index in [2.05, 4.69) is 15.0 Å². The first-order valence-electron chi connectivity index (χ1n) is 6.47. The van der Waals surface area contributed by atoms with Gasteiger partial charge in [-0.15, -0.1) is 11.3 Å². The Kier molecular flexibility index (Phi) is 3.68. The Balaban J connectivity index is 1.77. The monoisotopic (exact) mass is 316 g/mol. The van der Waals surface area contributed by atoms with Crippen molar-refractivity contribution in [2.24, 2.45) is 0 Å². The Morgan fingerprint density at radius 1 is 1.32 bits per heavy atom. The fraction of sp³-hybridized carbons (Fsp3) is 0.214. The van der Waals surface area contributed by atoms with Gasteiger partial charge < -0.3 is 4.74 Å². The smallest absolute Gasteiger partial charge is 0.358 e. The molecule has 0 N–H and O–H groups in total. The fourth-order valence-corrected chi connectivity index (χ4v) is 2.78. The van der Waals surface area contributed by atoms with Crippen molar-refractivity contribution in [3.63, 3.8) is 0 Å². The molecule has 0 saturated carbocycles. The first-order valence-corrected chi connectivity index (χ1v) is 7.35. The Labute approximate surface area is 129 Å². The summed E-state index contributed by atoms with van der Waals surface area (Å²) < 4.78 is 6.63. The number of hydrogen-bond acceptors (Lipinski definition) is 7. The molecule has 8 heteroatoms. The molecule has 0 aliphatic rings. The van der Waals surface area contributed by atoms with Crippen molar-refractivity contribution in [2.45, 2.75) is 20.5 Å². The van der Waals surface area contributed by atoms with Crippen LogP contribution in [0.15, 0.2) is 28.6 Å². The van der Waals surface area contributed by atoms with Gasteiger partial charge in [0.1, 0.15) is 6.61 Å². The molecule has 0 unspecified atom stereocenters. The lowest BCUT2D eigenvalue weighted by atomic mass is 10.4. The van der Waals surface area contributed by atoms with Crippen LogP contribution in [0.4, 0.5) is 0 Å². The third kappa shape index (κ3) is 2.73. The number of rotatable bonds is 3. The topological polar surface area (TPSA) is 86.5 Å². The van der Waals surface area contributed by atoms with Gasteiger partial charge in [-0.3, -0.25) is 14.2 Å². The van der Waals surface area contributed by atoms with Gasteiger partial charge in [0.05, 0.1) is 17.6 Å². The van der Waals surface area contributed by atoms with Crippen LogP contribution in [0.1, 0.15) is 27.6 Å². The highest BCUT2D eigenvalue weighted by molar-refractivity contribution is 7.15. The van der Waals surface area contributed by atoms with E-state index in [1.54, 1.807) is 6.92 Å². The molecule has 0 aromatic carbocycles. The van der Waals surface area contributed by atoms with Gasteiger partial charge in [-0.1, -0.05) is 0 Å². The first-order chi connectivity index (χ1) is 10.5. The molecule has 0 fully saturated rings. The van der Waals surface area contributed by atoms with Gasteiger partial charge in [0.2, 0.25) is 0 Å². The second-order valence-electron chi connectivity index (χ2n) is 4.70. The van der Waals surface area contributed by atoms with Crippen LogP contribution < -0.4 is 5.56 Å². The molecule has 3 rings (SSSR count). The molecule has 0 saturated heterocycles. The van der Waals surface area contributed by atoms with Gasteiger partial charge in [0, 0.05) is 23.3 Å². The zero-order chi connectivity index (χ0) is 15.7. The first kappa shape index (κ1) is 14.3. The number of ether oxygens (including phenoxy) is 1. The highest BCUT2D eigenvalue weighted by Gasteiger charge is 2.12. The Hall–Kier alpha value is -2.61. The molecule has 0 amide bonds. The van der Waals surface area contributed by atoms with Gasteiger partial charge in [-0.2, -0.15) is 0 Å². The minimum Gasteiger partial charge on any atom is -0.454 e. The fourth-order valence-electron chi connectivity index (χ4n) is 1.89. The van der Waals surface area contributed by atoms with Crippen LogP contribution in [0, 0.1) is 13.8 Å². The normalized spacial score (nSPS) is 10.8. The number of aromatic nitrogens is 4. The SMILES string of the molecule is Cc1cnc(C(=O)OCc2cc(=O)n3c(C)csc3n2)cn1. The maximum atomic E-state index is 12.0. The average Bonchev–Trinajstić information content (AvgIpc) is 2.87. The number of nitrogens with zero attached hydrogens (tertiary/aromatic N) is 4. The van der Waals surface area contributed by atoms with Gasteiger partial charge in [-0.05, 0) is 13.8 Å². The van der Waals surface area contributed by atoms with Crippen molar-refractivity contribution in [3.05, 3.63) is 57.0 Å². The molecule has 0 aliphatic heterocycles. The highest BCUT2D eigenvalue weighted by atomic mass is 32.1. The molecule has 3 aromatic rings. The number of esters is 1. The Morgan fingerprint density at radius 3 is 2.86 bits per heavy atom. The molecule has 0 radical (unpaired) electrons. The molecule has 3 aromatic heterocycles. The predicted molar refractivity (Wildman–Crippen MR) is 80.0 cm³/mol. The van der Waals surface area contributed by atoms with Crippen LogP contribution in [-0.2, 0) is 11.3 Å². The molecule has 0 aliphatic carbocycles. The summed E-state index contributed by atoms with van der Waals surface area (Å²) in [6, 6.07) is 1.36.